The molecule has 0 unspecified atom stereocenters. The summed E-state index contributed by atoms with van der Waals surface area (Å²) in [5, 5.41) is 19.0. The summed E-state index contributed by atoms with van der Waals surface area (Å²) < 4.78 is 0. The molecule has 7 heteroatoms. The van der Waals surface area contributed by atoms with Gasteiger partial charge in [-0.25, -0.2) is 4.79 Å². The van der Waals surface area contributed by atoms with Crippen LogP contribution in [0.2, 0.25) is 10.0 Å². The van der Waals surface area contributed by atoms with E-state index >= 15 is 0 Å². The number of rotatable bonds is 4. The summed E-state index contributed by atoms with van der Waals surface area (Å²) in [6, 6.07) is 3.10. The first-order chi connectivity index (χ1) is 8.91. The maximum Gasteiger partial charge on any atom is 0.352 e. The van der Waals surface area contributed by atoms with E-state index in [9.17, 15) is 9.59 Å². The zero-order valence-corrected chi connectivity index (χ0v) is 11.0. The first kappa shape index (κ1) is 13.7. The van der Waals surface area contributed by atoms with Crippen LogP contribution in [0.3, 0.4) is 0 Å². The summed E-state index contributed by atoms with van der Waals surface area (Å²) in [4.78, 5) is 24.5. The third-order valence-electron chi connectivity index (χ3n) is 2.76. The van der Waals surface area contributed by atoms with Gasteiger partial charge in [-0.2, -0.15) is 0 Å². The molecule has 100 valence electrons. The lowest BCUT2D eigenvalue weighted by Gasteiger charge is -2.01. The number of carboxylic acids is 2. The highest BCUT2D eigenvalue weighted by atomic mass is 35.5. The Hall–Kier alpha value is -1.72. The molecule has 1 aromatic carbocycles. The predicted molar refractivity (Wildman–Crippen MR) is 71.2 cm³/mol. The topological polar surface area (TPSA) is 90.4 Å². The number of fused-ring (bicyclic) bond motifs is 1. The SMILES string of the molecule is O=C(O)CCc1c(C(=O)O)[nH]c2c(Cl)ccc(Cl)c12. The normalized spacial score (nSPS) is 10.8. The second kappa shape index (κ2) is 5.11. The van der Waals surface area contributed by atoms with Crippen molar-refractivity contribution >= 4 is 46.0 Å². The van der Waals surface area contributed by atoms with Gasteiger partial charge >= 0.3 is 11.9 Å². The number of aromatic carboxylic acids is 1. The molecule has 5 nitrogen and oxygen atoms in total. The molecule has 0 aliphatic carbocycles. The van der Waals surface area contributed by atoms with E-state index in [0.29, 0.717) is 26.5 Å². The highest BCUT2D eigenvalue weighted by Gasteiger charge is 2.21. The third kappa shape index (κ3) is 2.52. The fraction of sp³-hybridized carbons (Fsp3) is 0.167. The van der Waals surface area contributed by atoms with Crippen molar-refractivity contribution in [2.24, 2.45) is 0 Å². The minimum Gasteiger partial charge on any atom is -0.481 e. The number of halogens is 2. The van der Waals surface area contributed by atoms with Crippen LogP contribution in [-0.2, 0) is 11.2 Å². The van der Waals surface area contributed by atoms with Crippen molar-refractivity contribution in [3.05, 3.63) is 33.4 Å². The highest BCUT2D eigenvalue weighted by Crippen LogP contribution is 2.34. The molecular weight excluding hydrogens is 293 g/mol. The van der Waals surface area contributed by atoms with E-state index in [0.717, 1.165) is 0 Å². The second-order valence-corrected chi connectivity index (χ2v) is 4.77. The highest BCUT2D eigenvalue weighted by molar-refractivity contribution is 6.40. The standard InChI is InChI=1S/C12H9Cl2NO4/c13-6-2-3-7(14)11-9(6)5(1-4-8(16)17)10(15-11)12(18)19/h2-3,15H,1,4H2,(H,16,17)(H,18,19). The number of benzene rings is 1. The first-order valence-corrected chi connectivity index (χ1v) is 6.11. The van der Waals surface area contributed by atoms with Crippen LogP contribution in [0.1, 0.15) is 22.5 Å². The van der Waals surface area contributed by atoms with E-state index in [4.69, 9.17) is 33.4 Å². The maximum absolute atomic E-state index is 11.2. The number of nitrogens with one attached hydrogen (secondary N) is 1. The molecule has 1 heterocycles. The first-order valence-electron chi connectivity index (χ1n) is 5.35. The van der Waals surface area contributed by atoms with E-state index in [-0.39, 0.29) is 18.5 Å². The van der Waals surface area contributed by atoms with Gasteiger partial charge < -0.3 is 15.2 Å². The fourth-order valence-corrected chi connectivity index (χ4v) is 2.44. The van der Waals surface area contributed by atoms with Gasteiger partial charge in [0.25, 0.3) is 0 Å². The molecule has 0 radical (unpaired) electrons. The van der Waals surface area contributed by atoms with Crippen molar-refractivity contribution in [3.8, 4) is 0 Å². The lowest BCUT2D eigenvalue weighted by Crippen LogP contribution is -2.04. The fourth-order valence-electron chi connectivity index (χ4n) is 1.96. The van der Waals surface area contributed by atoms with Gasteiger partial charge in [0.15, 0.2) is 0 Å². The van der Waals surface area contributed by atoms with Crippen LogP contribution in [-0.4, -0.2) is 27.1 Å². The molecular formula is C12H9Cl2NO4. The van der Waals surface area contributed by atoms with E-state index < -0.39 is 11.9 Å². The van der Waals surface area contributed by atoms with E-state index in [1.165, 1.54) is 0 Å². The quantitative estimate of drug-likeness (QED) is 0.809. The molecule has 1 aromatic heterocycles. The molecule has 0 saturated carbocycles. The van der Waals surface area contributed by atoms with E-state index in [2.05, 4.69) is 4.98 Å². The average molecular weight is 302 g/mol. The molecule has 0 saturated heterocycles. The van der Waals surface area contributed by atoms with Crippen molar-refractivity contribution in [3.63, 3.8) is 0 Å². The van der Waals surface area contributed by atoms with Crippen molar-refractivity contribution in [1.29, 1.82) is 0 Å². The minimum atomic E-state index is -1.18. The van der Waals surface area contributed by atoms with Gasteiger partial charge in [-0.1, -0.05) is 23.2 Å². The molecule has 19 heavy (non-hydrogen) atoms. The molecule has 0 fully saturated rings. The Morgan fingerprint density at radius 1 is 1.16 bits per heavy atom. The number of aromatic nitrogens is 1. The average Bonchev–Trinajstić information content (AvgIpc) is 2.72. The summed E-state index contributed by atoms with van der Waals surface area (Å²) in [7, 11) is 0. The molecule has 0 bridgehead atoms. The Morgan fingerprint density at radius 3 is 2.37 bits per heavy atom. The Kier molecular flexibility index (Phi) is 3.68. The van der Waals surface area contributed by atoms with Crippen molar-refractivity contribution in [2.45, 2.75) is 12.8 Å². The Balaban J connectivity index is 2.69. The van der Waals surface area contributed by atoms with Crippen LogP contribution in [0, 0.1) is 0 Å². The van der Waals surface area contributed by atoms with Gasteiger partial charge in [-0.3, -0.25) is 4.79 Å². The molecule has 0 amide bonds. The Morgan fingerprint density at radius 2 is 1.79 bits per heavy atom. The van der Waals surface area contributed by atoms with Crippen molar-refractivity contribution in [2.75, 3.05) is 0 Å². The van der Waals surface area contributed by atoms with Crippen LogP contribution in [0.5, 0.6) is 0 Å². The van der Waals surface area contributed by atoms with Crippen LogP contribution in [0.4, 0.5) is 0 Å². The summed E-state index contributed by atoms with van der Waals surface area (Å²) >= 11 is 12.0. The Bertz CT molecular complexity index is 678. The smallest absolute Gasteiger partial charge is 0.352 e. The molecule has 2 aromatic rings. The molecule has 0 spiro atoms. The lowest BCUT2D eigenvalue weighted by molar-refractivity contribution is -0.136. The van der Waals surface area contributed by atoms with Gasteiger partial charge in [-0.05, 0) is 24.1 Å². The molecule has 0 aliphatic heterocycles. The zero-order valence-electron chi connectivity index (χ0n) is 9.54. The lowest BCUT2D eigenvalue weighted by atomic mass is 10.1. The van der Waals surface area contributed by atoms with E-state index in [1.54, 1.807) is 12.1 Å². The minimum absolute atomic E-state index is 0.0665. The third-order valence-corrected chi connectivity index (χ3v) is 3.39. The largest absolute Gasteiger partial charge is 0.481 e. The number of aryl methyl sites for hydroxylation is 1. The molecule has 2 rings (SSSR count). The van der Waals surface area contributed by atoms with Gasteiger partial charge in [-0.15, -0.1) is 0 Å². The number of aromatic amines is 1. The predicted octanol–water partition coefficient (Wildman–Crippen LogP) is 3.19. The molecule has 3 N–H and O–H groups in total. The second-order valence-electron chi connectivity index (χ2n) is 3.96. The number of hydrogen-bond donors (Lipinski definition) is 3. The van der Waals surface area contributed by atoms with Crippen LogP contribution >= 0.6 is 23.2 Å². The zero-order chi connectivity index (χ0) is 14.2. The van der Waals surface area contributed by atoms with Crippen LogP contribution in [0.25, 0.3) is 10.9 Å². The number of carbonyl (C=O) groups is 2. The number of hydrogen-bond acceptors (Lipinski definition) is 2. The summed E-state index contributed by atoms with van der Waals surface area (Å²) in [5.74, 6) is -2.19. The number of H-pyrrole nitrogens is 1. The van der Waals surface area contributed by atoms with Crippen molar-refractivity contribution < 1.29 is 19.8 Å². The maximum atomic E-state index is 11.2. The Labute approximate surface area is 117 Å². The summed E-state index contributed by atoms with van der Waals surface area (Å²) in [6.45, 7) is 0. The van der Waals surface area contributed by atoms with Crippen molar-refractivity contribution in [1.82, 2.24) is 4.98 Å². The number of carboxylic acid groups (broad SMARTS) is 2. The number of aliphatic carboxylic acids is 1. The monoisotopic (exact) mass is 301 g/mol. The molecule has 0 atom stereocenters. The van der Waals surface area contributed by atoms with Crippen LogP contribution in [0.15, 0.2) is 12.1 Å². The summed E-state index contributed by atoms with van der Waals surface area (Å²) in [6.07, 6.45) is -0.118. The van der Waals surface area contributed by atoms with Gasteiger partial charge in [0.2, 0.25) is 0 Å². The van der Waals surface area contributed by atoms with Gasteiger partial charge in [0, 0.05) is 11.8 Å². The van der Waals surface area contributed by atoms with Gasteiger partial charge in [0.05, 0.1) is 15.6 Å². The van der Waals surface area contributed by atoms with E-state index in [1.807, 2.05) is 0 Å². The summed E-state index contributed by atoms with van der Waals surface area (Å²) in [5.41, 5.74) is 0.690. The molecule has 0 aliphatic rings. The van der Waals surface area contributed by atoms with Crippen LogP contribution < -0.4 is 0 Å². The van der Waals surface area contributed by atoms with Gasteiger partial charge in [0.1, 0.15) is 5.69 Å².